The lowest BCUT2D eigenvalue weighted by molar-refractivity contribution is -0.149. The minimum atomic E-state index is -2.82. The summed E-state index contributed by atoms with van der Waals surface area (Å²) >= 11 is 0. The van der Waals surface area contributed by atoms with E-state index in [1.54, 1.807) is 4.90 Å². The number of benzene rings is 2. The predicted octanol–water partition coefficient (Wildman–Crippen LogP) is 2.77. The monoisotopic (exact) mass is 480 g/mol. The van der Waals surface area contributed by atoms with E-state index in [0.29, 0.717) is 13.0 Å². The van der Waals surface area contributed by atoms with Crippen molar-refractivity contribution >= 4 is 25.8 Å². The van der Waals surface area contributed by atoms with E-state index in [1.807, 2.05) is 68.5 Å². The van der Waals surface area contributed by atoms with E-state index < -0.39 is 20.0 Å². The first-order valence-corrected chi connectivity index (χ1v) is 15.0. The zero-order valence-electron chi connectivity index (χ0n) is 19.8. The number of carbonyl (C=O) groups excluding carboxylic acids is 2. The highest BCUT2D eigenvalue weighted by molar-refractivity contribution is 6.71. The third-order valence-electron chi connectivity index (χ3n) is 7.91. The van der Waals surface area contributed by atoms with Crippen molar-refractivity contribution in [1.29, 1.82) is 0 Å². The van der Waals surface area contributed by atoms with E-state index in [2.05, 4.69) is 5.32 Å². The van der Waals surface area contributed by atoms with E-state index in [-0.39, 0.29) is 42.3 Å². The molecule has 0 unspecified atom stereocenters. The molecule has 2 aromatic rings. The van der Waals surface area contributed by atoms with Gasteiger partial charge in [-0.25, -0.2) is 0 Å². The Labute approximate surface area is 200 Å². The molecule has 2 amide bonds. The third-order valence-corrected chi connectivity index (χ3v) is 10.4. The van der Waals surface area contributed by atoms with Gasteiger partial charge in [-0.1, -0.05) is 49.4 Å². The van der Waals surface area contributed by atoms with Gasteiger partial charge in [-0.3, -0.25) is 9.59 Å². The zero-order valence-corrected chi connectivity index (χ0v) is 20.8. The number of rotatable bonds is 4. The highest BCUT2D eigenvalue weighted by atomic mass is 28.4. The topological polar surface area (TPSA) is 99.1 Å². The van der Waals surface area contributed by atoms with Gasteiger partial charge in [0, 0.05) is 29.3 Å². The van der Waals surface area contributed by atoms with Crippen molar-refractivity contribution in [3.63, 3.8) is 0 Å². The summed E-state index contributed by atoms with van der Waals surface area (Å²) in [5.41, 5.74) is 2.19. The number of para-hydroxylation sites is 1. The maximum atomic E-state index is 13.6. The van der Waals surface area contributed by atoms with Crippen molar-refractivity contribution in [1.82, 2.24) is 4.90 Å². The summed E-state index contributed by atoms with van der Waals surface area (Å²) in [5, 5.41) is 13.0. The summed E-state index contributed by atoms with van der Waals surface area (Å²) in [5.74, 6) is -0.659. The largest absolute Gasteiger partial charge is 0.432 e. The summed E-state index contributed by atoms with van der Waals surface area (Å²) in [4.78, 5) is 39.9. The number of nitrogens with one attached hydrogen (secondary N) is 1. The third kappa shape index (κ3) is 3.51. The van der Waals surface area contributed by atoms with Gasteiger partial charge in [0.25, 0.3) is 5.91 Å². The molecule has 3 heterocycles. The number of hydrogen-bond donors (Lipinski definition) is 3. The molecule has 8 heteroatoms. The second-order valence-corrected chi connectivity index (χ2v) is 14.4. The van der Waals surface area contributed by atoms with E-state index in [1.165, 1.54) is 0 Å². The lowest BCUT2D eigenvalue weighted by Gasteiger charge is -2.37. The Bertz CT molecular complexity index is 1130. The van der Waals surface area contributed by atoms with Crippen LogP contribution >= 0.6 is 0 Å². The van der Waals surface area contributed by atoms with E-state index in [4.69, 9.17) is 4.74 Å². The Hall–Kier alpha value is -2.52. The lowest BCUT2D eigenvalue weighted by atomic mass is 9.82. The van der Waals surface area contributed by atoms with Crippen molar-refractivity contribution in [3.05, 3.63) is 65.2 Å². The number of hydrogen-bond acceptors (Lipinski definition) is 5. The first kappa shape index (κ1) is 23.2. The minimum Gasteiger partial charge on any atom is -0.432 e. The molecule has 180 valence electrons. The van der Waals surface area contributed by atoms with Crippen LogP contribution in [0.1, 0.15) is 30.0 Å². The molecule has 0 radical (unpaired) electrons. The van der Waals surface area contributed by atoms with Crippen LogP contribution in [0.15, 0.2) is 48.5 Å². The van der Waals surface area contributed by atoms with Crippen LogP contribution in [0.3, 0.4) is 0 Å². The highest BCUT2D eigenvalue weighted by Gasteiger charge is 2.64. The molecule has 3 aliphatic heterocycles. The number of aliphatic hydroxyl groups is 1. The number of amides is 2. The fourth-order valence-corrected chi connectivity index (χ4v) is 8.94. The summed E-state index contributed by atoms with van der Waals surface area (Å²) in [6.07, 6.45) is 0.0635. The van der Waals surface area contributed by atoms with Gasteiger partial charge in [0.15, 0.2) is 13.9 Å². The zero-order chi connectivity index (χ0) is 24.3. The first-order valence-electron chi connectivity index (χ1n) is 11.9. The van der Waals surface area contributed by atoms with Gasteiger partial charge in [0.05, 0.1) is 25.2 Å². The molecule has 0 bridgehead atoms. The van der Waals surface area contributed by atoms with Gasteiger partial charge in [-0.2, -0.15) is 0 Å². The van der Waals surface area contributed by atoms with Gasteiger partial charge in [-0.05, 0) is 36.7 Å². The van der Waals surface area contributed by atoms with Crippen LogP contribution in [0.25, 0.3) is 0 Å². The minimum absolute atomic E-state index is 0.0574. The molecule has 1 saturated heterocycles. The number of nitrogens with zero attached hydrogens (tertiary/aromatic N) is 1. The summed E-state index contributed by atoms with van der Waals surface area (Å²) in [6.45, 7) is 5.96. The van der Waals surface area contributed by atoms with Crippen LogP contribution < -0.4 is 5.32 Å². The fourth-order valence-electron chi connectivity index (χ4n) is 6.38. The number of aliphatic hydroxyl groups excluding tert-OH is 1. The van der Waals surface area contributed by atoms with Gasteiger partial charge < -0.3 is 24.9 Å². The molecule has 5 rings (SSSR count). The Morgan fingerprint density at radius 3 is 2.56 bits per heavy atom. The van der Waals surface area contributed by atoms with Crippen molar-refractivity contribution in [3.8, 4) is 0 Å². The molecule has 3 N–H and O–H groups in total. The van der Waals surface area contributed by atoms with Crippen LogP contribution in [0.4, 0.5) is 5.69 Å². The number of carbonyl (C=O) groups is 2. The van der Waals surface area contributed by atoms with Crippen molar-refractivity contribution in [2.45, 2.75) is 62.7 Å². The molecule has 1 spiro atoms. The van der Waals surface area contributed by atoms with Crippen molar-refractivity contribution in [2.24, 2.45) is 5.92 Å². The van der Waals surface area contributed by atoms with Crippen LogP contribution in [-0.2, 0) is 32.9 Å². The van der Waals surface area contributed by atoms with Gasteiger partial charge >= 0.3 is 0 Å². The van der Waals surface area contributed by atoms with E-state index >= 15 is 0 Å². The molecule has 7 nitrogen and oxygen atoms in total. The highest BCUT2D eigenvalue weighted by Crippen LogP contribution is 2.58. The molecule has 5 atom stereocenters. The average Bonchev–Trinajstić information content (AvgIpc) is 3.26. The maximum absolute atomic E-state index is 13.6. The van der Waals surface area contributed by atoms with Crippen molar-refractivity contribution in [2.75, 3.05) is 11.9 Å². The van der Waals surface area contributed by atoms with E-state index in [0.717, 1.165) is 22.4 Å². The Kier molecular flexibility index (Phi) is 5.67. The molecule has 34 heavy (non-hydrogen) atoms. The predicted molar refractivity (Wildman–Crippen MR) is 130 cm³/mol. The SMILES string of the molecule is C[C@@H]1[C@@H]([Si](C)(C)O)[C@H](CC(=O)N2Cc3ccccc3C[C@H]2CO)O[C@@]12C(=O)Nc1ccccc12. The molecule has 0 saturated carbocycles. The van der Waals surface area contributed by atoms with Crippen LogP contribution in [0.5, 0.6) is 0 Å². The number of fused-ring (bicyclic) bond motifs is 3. The first-order chi connectivity index (χ1) is 16.2. The molecule has 1 fully saturated rings. The smallest absolute Gasteiger partial charge is 0.261 e. The fraction of sp³-hybridized carbons (Fsp3) is 0.462. The summed E-state index contributed by atoms with van der Waals surface area (Å²) in [7, 11) is -2.82. The second-order valence-electron chi connectivity index (χ2n) is 10.4. The number of anilines is 1. The van der Waals surface area contributed by atoms with Gasteiger partial charge in [0.2, 0.25) is 5.91 Å². The molecule has 0 aliphatic carbocycles. The maximum Gasteiger partial charge on any atom is 0.261 e. The molecule has 0 aromatic heterocycles. The van der Waals surface area contributed by atoms with Crippen molar-refractivity contribution < 1.29 is 24.2 Å². The molecule has 2 aromatic carbocycles. The molecule has 3 aliphatic rings. The number of ether oxygens (including phenoxy) is 1. The van der Waals surface area contributed by atoms with Crippen LogP contribution in [0, 0.1) is 5.92 Å². The second kappa shape index (κ2) is 8.30. The quantitative estimate of drug-likeness (QED) is 0.585. The van der Waals surface area contributed by atoms with Crippen LogP contribution in [0.2, 0.25) is 18.6 Å². The Balaban J connectivity index is 1.46. The molecular weight excluding hydrogens is 448 g/mol. The van der Waals surface area contributed by atoms with Gasteiger partial charge in [-0.15, -0.1) is 0 Å². The Morgan fingerprint density at radius 2 is 1.85 bits per heavy atom. The summed E-state index contributed by atoms with van der Waals surface area (Å²) in [6, 6.07) is 15.2. The average molecular weight is 481 g/mol. The summed E-state index contributed by atoms with van der Waals surface area (Å²) < 4.78 is 6.55. The normalized spacial score (nSPS) is 30.3. The van der Waals surface area contributed by atoms with E-state index in [9.17, 15) is 19.5 Å². The molecular formula is C26H32N2O5Si. The van der Waals surface area contributed by atoms with Crippen LogP contribution in [-0.4, -0.2) is 53.7 Å². The van der Waals surface area contributed by atoms with Gasteiger partial charge in [0.1, 0.15) is 0 Å². The lowest BCUT2D eigenvalue weighted by Crippen LogP contribution is -2.48. The standard InChI is InChI=1S/C26H32N2O5Si/c1-16-24(34(2,3)32)22(33-26(16)20-10-6-7-11-21(20)27-25(26)31)13-23(30)28-14-18-9-5-4-8-17(18)12-19(28)15-29/h4-11,16,19,22,24,29,32H,12-15H2,1-3H3,(H,27,31)/t16-,19+,22+,24-,26+/m1/s1. The Morgan fingerprint density at radius 1 is 1.18 bits per heavy atom.